The van der Waals surface area contributed by atoms with Crippen molar-refractivity contribution in [2.75, 3.05) is 43.0 Å². The first-order valence-corrected chi connectivity index (χ1v) is 9.66. The summed E-state index contributed by atoms with van der Waals surface area (Å²) in [5.74, 6) is 1.12. The number of nitrogens with one attached hydrogen (secondary N) is 1. The molecule has 3 aromatic rings. The molecule has 0 saturated carbocycles. The van der Waals surface area contributed by atoms with Crippen molar-refractivity contribution in [1.29, 1.82) is 0 Å². The Bertz CT molecular complexity index is 918. The third-order valence-corrected chi connectivity index (χ3v) is 5.28. The summed E-state index contributed by atoms with van der Waals surface area (Å²) in [6, 6.07) is 14.1. The summed E-state index contributed by atoms with van der Waals surface area (Å²) < 4.78 is 1.68. The van der Waals surface area contributed by atoms with E-state index in [9.17, 15) is 4.79 Å². The number of anilines is 2. The van der Waals surface area contributed by atoms with Gasteiger partial charge in [0.2, 0.25) is 5.91 Å². The number of carbonyl (C=O) groups is 1. The summed E-state index contributed by atoms with van der Waals surface area (Å²) in [6.07, 6.45) is 3.27. The SMILES string of the molecule is CN(CCNC(=O)C1CCN(c2ccc3nncn3n2)CC1)c1ccccc1. The molecule has 1 saturated heterocycles. The first-order chi connectivity index (χ1) is 13.7. The number of piperidine rings is 1. The van der Waals surface area contributed by atoms with Gasteiger partial charge in [-0.05, 0) is 37.1 Å². The van der Waals surface area contributed by atoms with E-state index in [4.69, 9.17) is 0 Å². The summed E-state index contributed by atoms with van der Waals surface area (Å²) in [7, 11) is 2.04. The smallest absolute Gasteiger partial charge is 0.223 e. The lowest BCUT2D eigenvalue weighted by molar-refractivity contribution is -0.125. The monoisotopic (exact) mass is 379 g/mol. The van der Waals surface area contributed by atoms with E-state index in [1.54, 1.807) is 10.8 Å². The van der Waals surface area contributed by atoms with Crippen LogP contribution in [0.3, 0.4) is 0 Å². The van der Waals surface area contributed by atoms with Gasteiger partial charge >= 0.3 is 0 Å². The Hall–Kier alpha value is -3.16. The van der Waals surface area contributed by atoms with Gasteiger partial charge in [-0.25, -0.2) is 0 Å². The Balaban J connectivity index is 1.23. The highest BCUT2D eigenvalue weighted by Gasteiger charge is 2.25. The van der Waals surface area contributed by atoms with Crippen LogP contribution in [0.4, 0.5) is 11.5 Å². The second-order valence-electron chi connectivity index (χ2n) is 7.13. The summed E-state index contributed by atoms with van der Waals surface area (Å²) in [6.45, 7) is 3.08. The summed E-state index contributed by atoms with van der Waals surface area (Å²) >= 11 is 0. The Morgan fingerprint density at radius 1 is 1.18 bits per heavy atom. The van der Waals surface area contributed by atoms with E-state index in [1.807, 2.05) is 37.4 Å². The van der Waals surface area contributed by atoms with Crippen LogP contribution < -0.4 is 15.1 Å². The largest absolute Gasteiger partial charge is 0.373 e. The normalized spacial score (nSPS) is 15.0. The number of nitrogens with zero attached hydrogens (tertiary/aromatic N) is 6. The van der Waals surface area contributed by atoms with Gasteiger partial charge in [-0.1, -0.05) is 18.2 Å². The van der Waals surface area contributed by atoms with Crippen LogP contribution in [0.1, 0.15) is 12.8 Å². The molecule has 1 aliphatic heterocycles. The first-order valence-electron chi connectivity index (χ1n) is 9.66. The molecule has 1 fully saturated rings. The Morgan fingerprint density at radius 2 is 1.96 bits per heavy atom. The van der Waals surface area contributed by atoms with Crippen LogP contribution in [0, 0.1) is 5.92 Å². The first kappa shape index (κ1) is 18.2. The second kappa shape index (κ2) is 8.24. The zero-order valence-electron chi connectivity index (χ0n) is 16.0. The zero-order chi connectivity index (χ0) is 19.3. The van der Waals surface area contributed by atoms with Gasteiger partial charge < -0.3 is 15.1 Å². The molecule has 1 aliphatic rings. The predicted molar refractivity (Wildman–Crippen MR) is 108 cm³/mol. The maximum absolute atomic E-state index is 12.5. The van der Waals surface area contributed by atoms with Crippen molar-refractivity contribution in [2.24, 2.45) is 5.92 Å². The van der Waals surface area contributed by atoms with E-state index < -0.39 is 0 Å². The molecule has 146 valence electrons. The number of aromatic nitrogens is 4. The molecule has 8 heteroatoms. The fourth-order valence-electron chi connectivity index (χ4n) is 3.56. The summed E-state index contributed by atoms with van der Waals surface area (Å²) in [5.41, 5.74) is 1.89. The van der Waals surface area contributed by atoms with Crippen LogP contribution in [0.2, 0.25) is 0 Å². The van der Waals surface area contributed by atoms with Crippen molar-refractivity contribution in [1.82, 2.24) is 25.1 Å². The molecular formula is C20H25N7O. The molecule has 0 atom stereocenters. The summed E-state index contributed by atoms with van der Waals surface area (Å²) in [5, 5.41) is 15.5. The van der Waals surface area contributed by atoms with Gasteiger partial charge in [0.15, 0.2) is 5.65 Å². The van der Waals surface area contributed by atoms with Crippen LogP contribution in [0.15, 0.2) is 48.8 Å². The highest BCUT2D eigenvalue weighted by Crippen LogP contribution is 2.22. The van der Waals surface area contributed by atoms with Crippen molar-refractivity contribution in [3.63, 3.8) is 0 Å². The molecule has 0 bridgehead atoms. The molecule has 0 radical (unpaired) electrons. The van der Waals surface area contributed by atoms with Gasteiger partial charge in [-0.3, -0.25) is 4.79 Å². The summed E-state index contributed by atoms with van der Waals surface area (Å²) in [4.78, 5) is 16.9. The van der Waals surface area contributed by atoms with Crippen LogP contribution in [0.5, 0.6) is 0 Å². The molecular weight excluding hydrogens is 354 g/mol. The minimum atomic E-state index is 0.0666. The van der Waals surface area contributed by atoms with Crippen LogP contribution in [-0.2, 0) is 4.79 Å². The molecule has 4 rings (SSSR count). The lowest BCUT2D eigenvalue weighted by Gasteiger charge is -2.32. The van der Waals surface area contributed by atoms with Crippen molar-refractivity contribution in [2.45, 2.75) is 12.8 Å². The van der Waals surface area contributed by atoms with Crippen molar-refractivity contribution >= 4 is 23.1 Å². The third kappa shape index (κ3) is 4.05. The number of benzene rings is 1. The number of fused-ring (bicyclic) bond motifs is 1. The van der Waals surface area contributed by atoms with Crippen LogP contribution >= 0.6 is 0 Å². The number of amides is 1. The lowest BCUT2D eigenvalue weighted by atomic mass is 9.96. The zero-order valence-corrected chi connectivity index (χ0v) is 16.0. The van der Waals surface area contributed by atoms with E-state index in [1.165, 1.54) is 0 Å². The van der Waals surface area contributed by atoms with E-state index in [0.717, 1.165) is 49.6 Å². The lowest BCUT2D eigenvalue weighted by Crippen LogP contribution is -2.42. The minimum absolute atomic E-state index is 0.0666. The van der Waals surface area contributed by atoms with Crippen molar-refractivity contribution in [3.05, 3.63) is 48.8 Å². The van der Waals surface area contributed by atoms with Crippen molar-refractivity contribution < 1.29 is 4.79 Å². The molecule has 28 heavy (non-hydrogen) atoms. The van der Waals surface area contributed by atoms with Crippen LogP contribution in [0.25, 0.3) is 5.65 Å². The molecule has 0 spiro atoms. The number of carbonyl (C=O) groups excluding carboxylic acids is 1. The number of para-hydroxylation sites is 1. The van der Waals surface area contributed by atoms with E-state index in [-0.39, 0.29) is 11.8 Å². The Kier molecular flexibility index (Phi) is 5.36. The van der Waals surface area contributed by atoms with Gasteiger partial charge in [0, 0.05) is 44.8 Å². The molecule has 0 aliphatic carbocycles. The number of rotatable bonds is 6. The van der Waals surface area contributed by atoms with E-state index in [2.05, 4.69) is 42.5 Å². The topological polar surface area (TPSA) is 78.7 Å². The average molecular weight is 379 g/mol. The number of hydrogen-bond donors (Lipinski definition) is 1. The quantitative estimate of drug-likeness (QED) is 0.701. The van der Waals surface area contributed by atoms with Crippen LogP contribution in [-0.4, -0.2) is 58.9 Å². The van der Waals surface area contributed by atoms with Gasteiger partial charge in [0.1, 0.15) is 12.1 Å². The van der Waals surface area contributed by atoms with Gasteiger partial charge in [0.05, 0.1) is 0 Å². The molecule has 2 aromatic heterocycles. The van der Waals surface area contributed by atoms with Gasteiger partial charge in [-0.15, -0.1) is 15.3 Å². The maximum atomic E-state index is 12.5. The molecule has 0 unspecified atom stereocenters. The van der Waals surface area contributed by atoms with Crippen molar-refractivity contribution in [3.8, 4) is 0 Å². The second-order valence-corrected chi connectivity index (χ2v) is 7.13. The minimum Gasteiger partial charge on any atom is -0.373 e. The third-order valence-electron chi connectivity index (χ3n) is 5.28. The fraction of sp³-hybridized carbons (Fsp3) is 0.400. The van der Waals surface area contributed by atoms with E-state index >= 15 is 0 Å². The highest BCUT2D eigenvalue weighted by molar-refractivity contribution is 5.79. The molecule has 1 aromatic carbocycles. The number of hydrogen-bond acceptors (Lipinski definition) is 6. The highest BCUT2D eigenvalue weighted by atomic mass is 16.1. The molecule has 1 N–H and O–H groups in total. The van der Waals surface area contributed by atoms with Gasteiger partial charge in [-0.2, -0.15) is 4.52 Å². The molecule has 1 amide bonds. The predicted octanol–water partition coefficient (Wildman–Crippen LogP) is 1.59. The molecule has 8 nitrogen and oxygen atoms in total. The molecule has 3 heterocycles. The Labute approximate surface area is 164 Å². The average Bonchev–Trinajstić information content (AvgIpc) is 3.22. The fourth-order valence-corrected chi connectivity index (χ4v) is 3.56. The number of likely N-dealkylation sites (N-methyl/N-ethyl adjacent to an activating group) is 1. The van der Waals surface area contributed by atoms with E-state index in [0.29, 0.717) is 6.54 Å². The Morgan fingerprint density at radius 3 is 2.75 bits per heavy atom. The maximum Gasteiger partial charge on any atom is 0.223 e. The van der Waals surface area contributed by atoms with Gasteiger partial charge in [0.25, 0.3) is 0 Å². The standard InChI is InChI=1S/C20H25N7O/c1-25(17-5-3-2-4-6-17)14-11-21-20(28)16-9-12-26(13-10-16)19-8-7-18-23-22-15-27(18)24-19/h2-8,15-16H,9-14H2,1H3,(H,21,28).